The monoisotopic (exact) mass is 264 g/mol. The molecule has 0 amide bonds. The minimum Gasteiger partial charge on any atom is -0.393 e. The van der Waals surface area contributed by atoms with Crippen molar-refractivity contribution in [1.29, 1.82) is 0 Å². The molecule has 17 heavy (non-hydrogen) atoms. The van der Waals surface area contributed by atoms with Crippen LogP contribution in [0.3, 0.4) is 0 Å². The quantitative estimate of drug-likeness (QED) is 0.768. The molecule has 1 aromatic carbocycles. The molecule has 0 bridgehead atoms. The average molecular weight is 265 g/mol. The molecule has 0 aliphatic heterocycles. The van der Waals surface area contributed by atoms with Crippen molar-refractivity contribution in [2.45, 2.75) is 25.4 Å². The third-order valence-corrected chi connectivity index (χ3v) is 2.43. The lowest BCUT2D eigenvalue weighted by atomic mass is 10.1. The van der Waals surface area contributed by atoms with Crippen molar-refractivity contribution in [3.63, 3.8) is 0 Å². The van der Waals surface area contributed by atoms with Crippen molar-refractivity contribution in [2.75, 3.05) is 13.2 Å². The van der Waals surface area contributed by atoms with Crippen LogP contribution >= 0.6 is 11.6 Å². The Labute approximate surface area is 104 Å². The lowest BCUT2D eigenvalue weighted by Gasteiger charge is -2.11. The van der Waals surface area contributed by atoms with Gasteiger partial charge >= 0.3 is 0 Å². The number of alkyl halides is 2. The number of aliphatic hydroxyl groups is 1. The Bertz CT molecular complexity index is 334. The zero-order valence-corrected chi connectivity index (χ0v) is 10.0. The molecule has 1 unspecified atom stereocenters. The zero-order valence-electron chi connectivity index (χ0n) is 9.28. The molecule has 0 aliphatic carbocycles. The van der Waals surface area contributed by atoms with E-state index >= 15 is 0 Å². The van der Waals surface area contributed by atoms with Crippen molar-refractivity contribution in [3.05, 3.63) is 34.9 Å². The summed E-state index contributed by atoms with van der Waals surface area (Å²) in [6.45, 7) is -0.448. The fourth-order valence-corrected chi connectivity index (χ4v) is 1.64. The molecule has 0 heterocycles. The summed E-state index contributed by atoms with van der Waals surface area (Å²) in [6, 6.07) is 7.18. The Balaban J connectivity index is 2.23. The number of rotatable bonds is 7. The number of hydrogen-bond acceptors (Lipinski definition) is 2. The van der Waals surface area contributed by atoms with E-state index in [9.17, 15) is 13.9 Å². The van der Waals surface area contributed by atoms with E-state index in [2.05, 4.69) is 0 Å². The molecule has 2 nitrogen and oxygen atoms in total. The Morgan fingerprint density at radius 2 is 2.12 bits per heavy atom. The molecule has 0 saturated carbocycles. The smallest absolute Gasteiger partial charge is 0.261 e. The van der Waals surface area contributed by atoms with Gasteiger partial charge in [0.1, 0.15) is 6.61 Å². The van der Waals surface area contributed by atoms with Crippen LogP contribution < -0.4 is 0 Å². The highest BCUT2D eigenvalue weighted by Gasteiger charge is 2.07. The van der Waals surface area contributed by atoms with Gasteiger partial charge < -0.3 is 9.84 Å². The second-order valence-electron chi connectivity index (χ2n) is 3.74. The summed E-state index contributed by atoms with van der Waals surface area (Å²) in [4.78, 5) is 0. The van der Waals surface area contributed by atoms with E-state index in [1.54, 1.807) is 18.2 Å². The molecule has 96 valence electrons. The predicted molar refractivity (Wildman–Crippen MR) is 62.6 cm³/mol. The lowest BCUT2D eigenvalue weighted by molar-refractivity contribution is 0.00512. The summed E-state index contributed by atoms with van der Waals surface area (Å²) in [7, 11) is 0. The summed E-state index contributed by atoms with van der Waals surface area (Å²) in [6.07, 6.45) is -2.29. The minimum absolute atomic E-state index is 0.131. The molecule has 0 fully saturated rings. The summed E-state index contributed by atoms with van der Waals surface area (Å²) in [5.74, 6) is 0. The fraction of sp³-hybridized carbons (Fsp3) is 0.500. The fourth-order valence-electron chi connectivity index (χ4n) is 1.43. The summed E-state index contributed by atoms with van der Waals surface area (Å²) in [5.41, 5.74) is 0.916. The van der Waals surface area contributed by atoms with E-state index in [0.29, 0.717) is 17.9 Å². The first-order chi connectivity index (χ1) is 8.08. The first-order valence-electron chi connectivity index (χ1n) is 5.36. The molecule has 0 saturated heterocycles. The van der Waals surface area contributed by atoms with Crippen LogP contribution in [0.4, 0.5) is 8.78 Å². The topological polar surface area (TPSA) is 29.5 Å². The summed E-state index contributed by atoms with van der Waals surface area (Å²) >= 11 is 5.80. The third kappa shape index (κ3) is 6.56. The average Bonchev–Trinajstić information content (AvgIpc) is 2.24. The highest BCUT2D eigenvalue weighted by molar-refractivity contribution is 6.30. The number of aliphatic hydroxyl groups excluding tert-OH is 1. The zero-order chi connectivity index (χ0) is 12.7. The van der Waals surface area contributed by atoms with Gasteiger partial charge in [0, 0.05) is 11.6 Å². The second kappa shape index (κ2) is 7.58. The van der Waals surface area contributed by atoms with Gasteiger partial charge in [-0.3, -0.25) is 0 Å². The van der Waals surface area contributed by atoms with Gasteiger partial charge in [-0.25, -0.2) is 8.78 Å². The van der Waals surface area contributed by atoms with E-state index in [0.717, 1.165) is 5.56 Å². The molecule has 1 rings (SSSR count). The third-order valence-electron chi connectivity index (χ3n) is 2.20. The molecule has 1 atom stereocenters. The van der Waals surface area contributed by atoms with Gasteiger partial charge in [-0.2, -0.15) is 0 Å². The van der Waals surface area contributed by atoms with Gasteiger partial charge in [-0.15, -0.1) is 0 Å². The van der Waals surface area contributed by atoms with Crippen LogP contribution in [-0.4, -0.2) is 30.8 Å². The van der Waals surface area contributed by atoms with Gasteiger partial charge in [0.25, 0.3) is 6.43 Å². The van der Waals surface area contributed by atoms with Crippen LogP contribution in [0.2, 0.25) is 5.02 Å². The van der Waals surface area contributed by atoms with Crippen molar-refractivity contribution in [3.8, 4) is 0 Å². The molecular formula is C12H15ClF2O2. The highest BCUT2D eigenvalue weighted by atomic mass is 35.5. The molecule has 0 aromatic heterocycles. The first kappa shape index (κ1) is 14.4. The molecule has 0 aliphatic rings. The number of halogens is 3. The summed E-state index contributed by atoms with van der Waals surface area (Å²) in [5, 5.41) is 10.3. The van der Waals surface area contributed by atoms with E-state index in [4.69, 9.17) is 16.3 Å². The molecule has 1 N–H and O–H groups in total. The highest BCUT2D eigenvalue weighted by Crippen LogP contribution is 2.13. The van der Waals surface area contributed by atoms with Gasteiger partial charge in [-0.05, 0) is 30.5 Å². The standard InChI is InChI=1S/C12H15ClF2O2/c13-10-3-1-2-9(6-10)7-11(16)4-5-17-8-12(14)15/h1-3,6,11-12,16H,4-5,7-8H2. The van der Waals surface area contributed by atoms with E-state index in [1.807, 2.05) is 6.07 Å². The normalized spacial score (nSPS) is 13.0. The van der Waals surface area contributed by atoms with Crippen LogP contribution in [0.25, 0.3) is 0 Å². The van der Waals surface area contributed by atoms with E-state index in [-0.39, 0.29) is 6.61 Å². The van der Waals surface area contributed by atoms with Crippen LogP contribution in [-0.2, 0) is 11.2 Å². The largest absolute Gasteiger partial charge is 0.393 e. The van der Waals surface area contributed by atoms with Crippen molar-refractivity contribution in [1.82, 2.24) is 0 Å². The molecule has 0 spiro atoms. The molecule has 1 aromatic rings. The maximum Gasteiger partial charge on any atom is 0.261 e. The number of hydrogen-bond donors (Lipinski definition) is 1. The molecule has 0 radical (unpaired) electrons. The van der Waals surface area contributed by atoms with Gasteiger partial charge in [0.05, 0.1) is 6.10 Å². The lowest BCUT2D eigenvalue weighted by Crippen LogP contribution is -2.15. The molecule has 5 heteroatoms. The number of benzene rings is 1. The Morgan fingerprint density at radius 1 is 1.35 bits per heavy atom. The first-order valence-corrected chi connectivity index (χ1v) is 5.74. The maximum atomic E-state index is 11.7. The van der Waals surface area contributed by atoms with Gasteiger partial charge in [-0.1, -0.05) is 23.7 Å². The predicted octanol–water partition coefficient (Wildman–Crippen LogP) is 2.92. The van der Waals surface area contributed by atoms with Crippen LogP contribution in [0, 0.1) is 0 Å². The van der Waals surface area contributed by atoms with Crippen molar-refractivity contribution >= 4 is 11.6 Å². The van der Waals surface area contributed by atoms with Crippen LogP contribution in [0.1, 0.15) is 12.0 Å². The van der Waals surface area contributed by atoms with Crippen molar-refractivity contribution in [2.24, 2.45) is 0 Å². The van der Waals surface area contributed by atoms with Crippen LogP contribution in [0.15, 0.2) is 24.3 Å². The van der Waals surface area contributed by atoms with Gasteiger partial charge in [0.15, 0.2) is 0 Å². The van der Waals surface area contributed by atoms with Crippen LogP contribution in [0.5, 0.6) is 0 Å². The SMILES string of the molecule is OC(CCOCC(F)F)Cc1cccc(Cl)c1. The number of ether oxygens (including phenoxy) is 1. The minimum atomic E-state index is -2.46. The maximum absolute atomic E-state index is 11.7. The van der Waals surface area contributed by atoms with E-state index < -0.39 is 19.1 Å². The summed E-state index contributed by atoms with van der Waals surface area (Å²) < 4.78 is 28.2. The van der Waals surface area contributed by atoms with Gasteiger partial charge in [0.2, 0.25) is 0 Å². The van der Waals surface area contributed by atoms with Crippen molar-refractivity contribution < 1.29 is 18.6 Å². The molecular weight excluding hydrogens is 250 g/mol. The Kier molecular flexibility index (Phi) is 6.40. The Morgan fingerprint density at radius 3 is 2.76 bits per heavy atom. The second-order valence-corrected chi connectivity index (χ2v) is 4.18. The Hall–Kier alpha value is -0.710. The van der Waals surface area contributed by atoms with E-state index in [1.165, 1.54) is 0 Å².